The van der Waals surface area contributed by atoms with Gasteiger partial charge in [-0.1, -0.05) is 6.92 Å². The third kappa shape index (κ3) is 4.68. The lowest BCUT2D eigenvalue weighted by molar-refractivity contribution is -0.384. The summed E-state index contributed by atoms with van der Waals surface area (Å²) in [6.07, 6.45) is 2.64. The Bertz CT molecular complexity index is 899. The maximum absolute atomic E-state index is 13.4. The lowest BCUT2D eigenvalue weighted by Gasteiger charge is -2.32. The van der Waals surface area contributed by atoms with Crippen molar-refractivity contribution in [3.63, 3.8) is 0 Å². The first kappa shape index (κ1) is 22.4. The summed E-state index contributed by atoms with van der Waals surface area (Å²) >= 11 is 0. The Morgan fingerprint density at radius 2 is 1.66 bits per heavy atom. The summed E-state index contributed by atoms with van der Waals surface area (Å²) in [6.45, 7) is 7.99. The molecule has 0 spiro atoms. The molecule has 9 nitrogen and oxygen atoms in total. The average molecular weight is 443 g/mol. The van der Waals surface area contributed by atoms with Crippen LogP contribution in [-0.4, -0.2) is 83.9 Å². The normalized spacial score (nSPS) is 21.0. The van der Waals surface area contributed by atoms with Gasteiger partial charge in [-0.25, -0.2) is 0 Å². The Hall–Kier alpha value is -2.78. The second-order valence-electron chi connectivity index (χ2n) is 8.77. The first-order valence-electron chi connectivity index (χ1n) is 11.4. The van der Waals surface area contributed by atoms with Crippen LogP contribution in [0.3, 0.4) is 0 Å². The molecule has 0 bridgehead atoms. The Labute approximate surface area is 187 Å². The molecule has 2 amide bonds. The van der Waals surface area contributed by atoms with Gasteiger partial charge in [0.25, 0.3) is 17.5 Å². The number of nitro benzene ring substituents is 1. The van der Waals surface area contributed by atoms with Gasteiger partial charge in [0.2, 0.25) is 0 Å². The van der Waals surface area contributed by atoms with Gasteiger partial charge in [-0.3, -0.25) is 29.5 Å². The van der Waals surface area contributed by atoms with E-state index in [0.29, 0.717) is 48.9 Å². The Balaban J connectivity index is 1.55. The number of carbonyl (C=O) groups is 2. The summed E-state index contributed by atoms with van der Waals surface area (Å²) in [5, 5.41) is 11.0. The summed E-state index contributed by atoms with van der Waals surface area (Å²) in [6, 6.07) is 5.92. The molecule has 32 heavy (non-hydrogen) atoms. The number of piperidine rings is 1. The lowest BCUT2D eigenvalue weighted by Crippen LogP contribution is -2.41. The number of rotatable bonds is 7. The standard InChI is InChI=1S/C23H30N4O5/c1-17-7-11-25(12-8-17)21-20(18-3-5-19(6-4-18)27(30)31)22(28)26(23(21)29)10-2-9-24-13-15-32-16-14-24/h3-6,17H,2,7-16H2,1H3. The molecule has 1 aromatic rings. The second-order valence-corrected chi connectivity index (χ2v) is 8.77. The van der Waals surface area contributed by atoms with Crippen LogP contribution in [-0.2, 0) is 14.3 Å². The largest absolute Gasteiger partial charge is 0.379 e. The van der Waals surface area contributed by atoms with Gasteiger partial charge in [-0.2, -0.15) is 0 Å². The van der Waals surface area contributed by atoms with Gasteiger partial charge in [0.15, 0.2) is 0 Å². The van der Waals surface area contributed by atoms with E-state index in [1.54, 1.807) is 12.1 Å². The minimum absolute atomic E-state index is 0.0400. The third-order valence-corrected chi connectivity index (χ3v) is 6.57. The fourth-order valence-electron chi connectivity index (χ4n) is 4.58. The summed E-state index contributed by atoms with van der Waals surface area (Å²) in [5.74, 6) is 0.0332. The quantitative estimate of drug-likeness (QED) is 0.363. The van der Waals surface area contributed by atoms with Crippen LogP contribution >= 0.6 is 0 Å². The number of ether oxygens (including phenoxy) is 1. The maximum atomic E-state index is 13.4. The van der Waals surface area contributed by atoms with Crippen molar-refractivity contribution < 1.29 is 19.2 Å². The second kappa shape index (κ2) is 9.79. The summed E-state index contributed by atoms with van der Waals surface area (Å²) in [7, 11) is 0. The van der Waals surface area contributed by atoms with Gasteiger partial charge in [0.1, 0.15) is 5.70 Å². The number of amides is 2. The molecule has 4 rings (SSSR count). The van der Waals surface area contributed by atoms with Crippen LogP contribution in [0.4, 0.5) is 5.69 Å². The van der Waals surface area contributed by atoms with Crippen LogP contribution in [0.1, 0.15) is 31.7 Å². The minimum atomic E-state index is -0.468. The smallest absolute Gasteiger partial charge is 0.277 e. The number of morpholine rings is 1. The van der Waals surface area contributed by atoms with Crippen molar-refractivity contribution in [1.82, 2.24) is 14.7 Å². The molecule has 1 aromatic carbocycles. The van der Waals surface area contributed by atoms with Crippen LogP contribution in [0.15, 0.2) is 30.0 Å². The van der Waals surface area contributed by atoms with Crippen molar-refractivity contribution in [2.45, 2.75) is 26.2 Å². The molecule has 3 heterocycles. The van der Waals surface area contributed by atoms with Gasteiger partial charge in [0, 0.05) is 51.4 Å². The molecule has 0 aliphatic carbocycles. The first-order chi connectivity index (χ1) is 15.5. The van der Waals surface area contributed by atoms with E-state index in [-0.39, 0.29) is 17.5 Å². The average Bonchev–Trinajstić information content (AvgIpc) is 3.05. The first-order valence-corrected chi connectivity index (χ1v) is 11.4. The van der Waals surface area contributed by atoms with E-state index in [1.165, 1.54) is 17.0 Å². The van der Waals surface area contributed by atoms with Crippen molar-refractivity contribution in [1.29, 1.82) is 0 Å². The van der Waals surface area contributed by atoms with Gasteiger partial charge < -0.3 is 9.64 Å². The molecular formula is C23H30N4O5. The van der Waals surface area contributed by atoms with Crippen LogP contribution in [0.5, 0.6) is 0 Å². The molecule has 0 saturated carbocycles. The molecule has 0 atom stereocenters. The van der Waals surface area contributed by atoms with E-state index < -0.39 is 4.92 Å². The highest BCUT2D eigenvalue weighted by Crippen LogP contribution is 2.34. The fraction of sp³-hybridized carbons (Fsp3) is 0.565. The highest BCUT2D eigenvalue weighted by Gasteiger charge is 2.41. The number of carbonyl (C=O) groups excluding carboxylic acids is 2. The van der Waals surface area contributed by atoms with E-state index in [9.17, 15) is 19.7 Å². The monoisotopic (exact) mass is 442 g/mol. The highest BCUT2D eigenvalue weighted by molar-refractivity contribution is 6.35. The Morgan fingerprint density at radius 3 is 2.28 bits per heavy atom. The number of likely N-dealkylation sites (tertiary alicyclic amines) is 1. The highest BCUT2D eigenvalue weighted by atomic mass is 16.6. The molecule has 0 unspecified atom stereocenters. The topological polar surface area (TPSA) is 96.2 Å². The van der Waals surface area contributed by atoms with E-state index >= 15 is 0 Å². The van der Waals surface area contributed by atoms with Crippen molar-refractivity contribution in [3.05, 3.63) is 45.6 Å². The molecule has 172 valence electrons. The summed E-state index contributed by atoms with van der Waals surface area (Å²) in [5.41, 5.74) is 1.33. The van der Waals surface area contributed by atoms with E-state index in [2.05, 4.69) is 11.8 Å². The SMILES string of the molecule is CC1CCN(C2=C(c3ccc([N+](=O)[O-])cc3)C(=O)N(CCCN3CCOCC3)C2=O)CC1. The predicted molar refractivity (Wildman–Crippen MR) is 119 cm³/mol. The summed E-state index contributed by atoms with van der Waals surface area (Å²) in [4.78, 5) is 43.0. The molecule has 0 radical (unpaired) electrons. The zero-order valence-electron chi connectivity index (χ0n) is 18.5. The van der Waals surface area contributed by atoms with Crippen molar-refractivity contribution in [2.75, 3.05) is 52.5 Å². The predicted octanol–water partition coefficient (Wildman–Crippen LogP) is 2.13. The van der Waals surface area contributed by atoms with Crippen LogP contribution < -0.4 is 0 Å². The van der Waals surface area contributed by atoms with E-state index in [0.717, 1.165) is 45.6 Å². The molecule has 0 N–H and O–H groups in total. The Morgan fingerprint density at radius 1 is 1.00 bits per heavy atom. The van der Waals surface area contributed by atoms with E-state index in [4.69, 9.17) is 4.74 Å². The van der Waals surface area contributed by atoms with Gasteiger partial charge in [-0.15, -0.1) is 0 Å². The number of non-ortho nitro benzene ring substituents is 1. The number of imide groups is 1. The minimum Gasteiger partial charge on any atom is -0.379 e. The molecule has 0 aromatic heterocycles. The third-order valence-electron chi connectivity index (χ3n) is 6.57. The molecular weight excluding hydrogens is 412 g/mol. The summed E-state index contributed by atoms with van der Waals surface area (Å²) < 4.78 is 5.37. The number of hydrogen-bond acceptors (Lipinski definition) is 7. The fourth-order valence-corrected chi connectivity index (χ4v) is 4.58. The number of benzene rings is 1. The molecule has 2 saturated heterocycles. The van der Waals surface area contributed by atoms with Crippen LogP contribution in [0, 0.1) is 16.0 Å². The van der Waals surface area contributed by atoms with E-state index in [1.807, 2.05) is 4.90 Å². The number of nitro groups is 1. The molecule has 3 aliphatic heterocycles. The van der Waals surface area contributed by atoms with Crippen molar-refractivity contribution in [2.24, 2.45) is 5.92 Å². The van der Waals surface area contributed by atoms with Gasteiger partial charge >= 0.3 is 0 Å². The van der Waals surface area contributed by atoms with Gasteiger partial charge in [-0.05, 0) is 42.9 Å². The maximum Gasteiger partial charge on any atom is 0.277 e. The van der Waals surface area contributed by atoms with Crippen molar-refractivity contribution in [3.8, 4) is 0 Å². The molecule has 2 fully saturated rings. The van der Waals surface area contributed by atoms with Crippen LogP contribution in [0.25, 0.3) is 5.57 Å². The Kier molecular flexibility index (Phi) is 6.86. The van der Waals surface area contributed by atoms with Crippen LogP contribution in [0.2, 0.25) is 0 Å². The number of hydrogen-bond donors (Lipinski definition) is 0. The number of nitrogens with zero attached hydrogens (tertiary/aromatic N) is 4. The zero-order chi connectivity index (χ0) is 22.7. The zero-order valence-corrected chi connectivity index (χ0v) is 18.5. The van der Waals surface area contributed by atoms with Gasteiger partial charge in [0.05, 0.1) is 23.7 Å². The lowest BCUT2D eigenvalue weighted by atomic mass is 9.97. The molecule has 3 aliphatic rings. The van der Waals surface area contributed by atoms with Crippen molar-refractivity contribution >= 4 is 23.1 Å². The molecule has 9 heteroatoms.